The van der Waals surface area contributed by atoms with Crippen LogP contribution in [-0.2, 0) is 11.3 Å². The Morgan fingerprint density at radius 3 is 3.15 bits per heavy atom. The van der Waals surface area contributed by atoms with Gasteiger partial charge in [0.2, 0.25) is 5.91 Å². The first-order chi connectivity index (χ1) is 13.1. The third-order valence-electron chi connectivity index (χ3n) is 4.74. The van der Waals surface area contributed by atoms with Gasteiger partial charge in [-0.15, -0.1) is 11.3 Å². The smallest absolute Gasteiger partial charge is 0.298 e. The Morgan fingerprint density at radius 1 is 1.44 bits per heavy atom. The molecule has 1 amide bonds. The Hall–Kier alpha value is -2.12. The molecule has 1 aliphatic rings. The van der Waals surface area contributed by atoms with Gasteiger partial charge in [0.05, 0.1) is 17.2 Å². The summed E-state index contributed by atoms with van der Waals surface area (Å²) >= 11 is 7.62. The van der Waals surface area contributed by atoms with Crippen molar-refractivity contribution in [3.63, 3.8) is 0 Å². The molecule has 3 aromatic rings. The topological polar surface area (TPSA) is 71.3 Å². The Balaban J connectivity index is 1.35. The number of aromatic nitrogens is 2. The normalized spacial score (nSPS) is 17.4. The van der Waals surface area contributed by atoms with E-state index in [1.807, 2.05) is 24.4 Å². The molecule has 2 aromatic heterocycles. The maximum absolute atomic E-state index is 12.3. The van der Waals surface area contributed by atoms with Crippen LogP contribution in [0.2, 0.25) is 5.02 Å². The summed E-state index contributed by atoms with van der Waals surface area (Å²) in [6.07, 6.45) is 2.56. The molecular formula is C19H21ClN4O2S. The van der Waals surface area contributed by atoms with E-state index < -0.39 is 0 Å². The second-order valence-electron chi connectivity index (χ2n) is 6.90. The van der Waals surface area contributed by atoms with Crippen molar-refractivity contribution in [2.75, 3.05) is 18.0 Å². The monoisotopic (exact) mass is 404 g/mol. The number of oxazole rings is 1. The van der Waals surface area contributed by atoms with Gasteiger partial charge in [0.1, 0.15) is 5.52 Å². The van der Waals surface area contributed by atoms with Crippen molar-refractivity contribution in [1.82, 2.24) is 15.3 Å². The zero-order valence-corrected chi connectivity index (χ0v) is 16.6. The van der Waals surface area contributed by atoms with E-state index >= 15 is 0 Å². The molecule has 142 valence electrons. The number of hydrogen-bond acceptors (Lipinski definition) is 6. The summed E-state index contributed by atoms with van der Waals surface area (Å²) in [6.45, 7) is 4.11. The van der Waals surface area contributed by atoms with Crippen molar-refractivity contribution in [3.05, 3.63) is 39.3 Å². The lowest BCUT2D eigenvalue weighted by molar-refractivity contribution is -0.122. The summed E-state index contributed by atoms with van der Waals surface area (Å²) in [5.74, 6) is 0.353. The average molecular weight is 405 g/mol. The second-order valence-corrected chi connectivity index (χ2v) is 8.40. The molecule has 8 heteroatoms. The van der Waals surface area contributed by atoms with Gasteiger partial charge in [-0.3, -0.25) is 4.79 Å². The number of carbonyl (C=O) groups is 1. The number of anilines is 1. The molecule has 1 fully saturated rings. The van der Waals surface area contributed by atoms with E-state index in [0.717, 1.165) is 42.1 Å². The largest absolute Gasteiger partial charge is 0.423 e. The second kappa shape index (κ2) is 7.86. The maximum Gasteiger partial charge on any atom is 0.298 e. The fourth-order valence-electron chi connectivity index (χ4n) is 3.44. The molecule has 0 saturated carbocycles. The standard InChI is InChI=1S/C19H21ClN4O2S/c1-12-22-15(11-27-12)9-21-18(25)7-13-3-2-6-24(10-13)19-23-16-5-4-14(20)8-17(16)26-19/h4-5,8,11,13H,2-3,6-7,9-10H2,1H3,(H,21,25). The van der Waals surface area contributed by atoms with Crippen LogP contribution in [0.5, 0.6) is 0 Å². The van der Waals surface area contributed by atoms with Gasteiger partial charge in [0, 0.05) is 36.0 Å². The quantitative estimate of drug-likeness (QED) is 0.691. The van der Waals surface area contributed by atoms with Crippen LogP contribution in [0, 0.1) is 12.8 Å². The Morgan fingerprint density at radius 2 is 2.33 bits per heavy atom. The molecule has 4 rings (SSSR count). The molecule has 27 heavy (non-hydrogen) atoms. The van der Waals surface area contributed by atoms with Crippen LogP contribution in [0.4, 0.5) is 6.01 Å². The van der Waals surface area contributed by atoms with Crippen molar-refractivity contribution in [2.24, 2.45) is 5.92 Å². The van der Waals surface area contributed by atoms with Gasteiger partial charge >= 0.3 is 0 Å². The lowest BCUT2D eigenvalue weighted by Gasteiger charge is -2.31. The highest BCUT2D eigenvalue weighted by molar-refractivity contribution is 7.09. The molecule has 1 aromatic carbocycles. The van der Waals surface area contributed by atoms with Crippen LogP contribution >= 0.6 is 22.9 Å². The minimum atomic E-state index is 0.0665. The number of fused-ring (bicyclic) bond motifs is 1. The number of nitrogens with zero attached hydrogens (tertiary/aromatic N) is 3. The zero-order valence-electron chi connectivity index (χ0n) is 15.1. The molecule has 0 bridgehead atoms. The summed E-state index contributed by atoms with van der Waals surface area (Å²) in [7, 11) is 0. The highest BCUT2D eigenvalue weighted by Crippen LogP contribution is 2.28. The predicted molar refractivity (Wildman–Crippen MR) is 107 cm³/mol. The van der Waals surface area contributed by atoms with Crippen LogP contribution in [0.3, 0.4) is 0 Å². The molecule has 6 nitrogen and oxygen atoms in total. The highest BCUT2D eigenvalue weighted by atomic mass is 35.5. The zero-order chi connectivity index (χ0) is 18.8. The lowest BCUT2D eigenvalue weighted by Crippen LogP contribution is -2.38. The molecule has 1 aliphatic heterocycles. The predicted octanol–water partition coefficient (Wildman–Crippen LogP) is 4.17. The molecule has 1 saturated heterocycles. The van der Waals surface area contributed by atoms with Gasteiger partial charge < -0.3 is 14.6 Å². The molecule has 0 aliphatic carbocycles. The van der Waals surface area contributed by atoms with Gasteiger partial charge in [-0.25, -0.2) is 4.98 Å². The van der Waals surface area contributed by atoms with E-state index in [9.17, 15) is 4.79 Å². The average Bonchev–Trinajstić information content (AvgIpc) is 3.26. The number of rotatable bonds is 5. The molecule has 0 radical (unpaired) electrons. The SMILES string of the molecule is Cc1nc(CNC(=O)CC2CCCN(c3nc4ccc(Cl)cc4o3)C2)cs1. The number of aryl methyl sites for hydroxylation is 1. The van der Waals surface area contributed by atoms with Gasteiger partial charge in [0.25, 0.3) is 6.01 Å². The van der Waals surface area contributed by atoms with E-state index in [1.54, 1.807) is 17.4 Å². The molecular weight excluding hydrogens is 384 g/mol. The molecule has 1 N–H and O–H groups in total. The Kier molecular flexibility index (Phi) is 5.31. The molecule has 1 atom stereocenters. The Labute approximate surface area is 166 Å². The van der Waals surface area contributed by atoms with Crippen molar-refractivity contribution in [3.8, 4) is 0 Å². The fraction of sp³-hybridized carbons (Fsp3) is 0.421. The molecule has 3 heterocycles. The van der Waals surface area contributed by atoms with Crippen LogP contribution in [0.1, 0.15) is 30.0 Å². The van der Waals surface area contributed by atoms with Crippen LogP contribution in [-0.4, -0.2) is 29.0 Å². The van der Waals surface area contributed by atoms with Crippen molar-refractivity contribution >= 4 is 46.0 Å². The highest BCUT2D eigenvalue weighted by Gasteiger charge is 2.25. The molecule has 0 spiro atoms. The van der Waals surface area contributed by atoms with E-state index in [-0.39, 0.29) is 11.8 Å². The number of piperidine rings is 1. The van der Waals surface area contributed by atoms with Crippen molar-refractivity contribution in [2.45, 2.75) is 32.7 Å². The fourth-order valence-corrected chi connectivity index (χ4v) is 4.21. The third-order valence-corrected chi connectivity index (χ3v) is 5.79. The summed E-state index contributed by atoms with van der Waals surface area (Å²) in [5, 5.41) is 6.61. The van der Waals surface area contributed by atoms with Crippen LogP contribution in [0.25, 0.3) is 11.1 Å². The maximum atomic E-state index is 12.3. The van der Waals surface area contributed by atoms with Crippen molar-refractivity contribution < 1.29 is 9.21 Å². The van der Waals surface area contributed by atoms with E-state index in [0.29, 0.717) is 29.6 Å². The minimum Gasteiger partial charge on any atom is -0.423 e. The van der Waals surface area contributed by atoms with Gasteiger partial charge in [0.15, 0.2) is 5.58 Å². The number of halogens is 1. The lowest BCUT2D eigenvalue weighted by atomic mass is 9.94. The summed E-state index contributed by atoms with van der Waals surface area (Å²) < 4.78 is 5.87. The van der Waals surface area contributed by atoms with Gasteiger partial charge in [-0.1, -0.05) is 11.6 Å². The third kappa shape index (κ3) is 4.42. The number of amides is 1. The van der Waals surface area contributed by atoms with Crippen LogP contribution in [0.15, 0.2) is 28.0 Å². The number of nitrogens with one attached hydrogen (secondary N) is 1. The first-order valence-electron chi connectivity index (χ1n) is 9.05. The summed E-state index contributed by atoms with van der Waals surface area (Å²) in [4.78, 5) is 23.4. The van der Waals surface area contributed by atoms with Gasteiger partial charge in [-0.2, -0.15) is 4.98 Å². The van der Waals surface area contributed by atoms with E-state index in [2.05, 4.69) is 20.2 Å². The first kappa shape index (κ1) is 18.3. The summed E-state index contributed by atoms with van der Waals surface area (Å²) in [5.41, 5.74) is 2.41. The number of thiazole rings is 1. The van der Waals surface area contributed by atoms with Crippen molar-refractivity contribution in [1.29, 1.82) is 0 Å². The number of carbonyl (C=O) groups excluding carboxylic acids is 1. The van der Waals surface area contributed by atoms with E-state index in [4.69, 9.17) is 16.0 Å². The van der Waals surface area contributed by atoms with Gasteiger partial charge in [-0.05, 0) is 37.8 Å². The molecule has 1 unspecified atom stereocenters. The van der Waals surface area contributed by atoms with Crippen LogP contribution < -0.4 is 10.2 Å². The van der Waals surface area contributed by atoms with E-state index in [1.165, 1.54) is 0 Å². The minimum absolute atomic E-state index is 0.0665. The number of benzene rings is 1. The number of hydrogen-bond donors (Lipinski definition) is 1. The first-order valence-corrected chi connectivity index (χ1v) is 10.3. The summed E-state index contributed by atoms with van der Waals surface area (Å²) in [6, 6.07) is 6.06. The Bertz CT molecular complexity index is 954.